The van der Waals surface area contributed by atoms with Crippen molar-refractivity contribution in [3.63, 3.8) is 0 Å². The average Bonchev–Trinajstić information content (AvgIpc) is 3.26. The first-order valence-corrected chi connectivity index (χ1v) is 8.23. The molecule has 1 aliphatic carbocycles. The minimum Gasteiger partial charge on any atom is -0.330 e. The third-order valence-corrected chi connectivity index (χ3v) is 5.24. The normalized spacial score (nSPS) is 28.4. The van der Waals surface area contributed by atoms with Crippen LogP contribution in [0, 0.1) is 19.8 Å². The summed E-state index contributed by atoms with van der Waals surface area (Å²) in [6, 6.07) is 8.41. The maximum absolute atomic E-state index is 6.12. The van der Waals surface area contributed by atoms with Gasteiger partial charge in [0.15, 0.2) is 0 Å². The van der Waals surface area contributed by atoms with Crippen LogP contribution in [-0.2, 0) is 0 Å². The van der Waals surface area contributed by atoms with Crippen LogP contribution in [0.2, 0.25) is 0 Å². The van der Waals surface area contributed by atoms with E-state index in [2.05, 4.69) is 36.9 Å². The Morgan fingerprint density at radius 3 is 2.55 bits per heavy atom. The van der Waals surface area contributed by atoms with E-state index in [1.165, 1.54) is 55.3 Å². The Balaban J connectivity index is 1.95. The van der Waals surface area contributed by atoms with Gasteiger partial charge in [-0.15, -0.1) is 0 Å². The molecule has 1 saturated carbocycles. The van der Waals surface area contributed by atoms with Gasteiger partial charge in [0.2, 0.25) is 0 Å². The second-order valence-corrected chi connectivity index (χ2v) is 6.75. The molecule has 2 heteroatoms. The molecule has 2 aliphatic rings. The molecular formula is C18H28N2. The lowest BCUT2D eigenvalue weighted by atomic mass is 9.88. The van der Waals surface area contributed by atoms with Crippen molar-refractivity contribution < 1.29 is 0 Å². The van der Waals surface area contributed by atoms with Crippen LogP contribution >= 0.6 is 0 Å². The summed E-state index contributed by atoms with van der Waals surface area (Å²) in [6.07, 6.45) is 6.75. The van der Waals surface area contributed by atoms with Crippen LogP contribution in [0.3, 0.4) is 0 Å². The zero-order chi connectivity index (χ0) is 14.1. The van der Waals surface area contributed by atoms with E-state index in [0.29, 0.717) is 12.0 Å². The molecule has 1 heterocycles. The summed E-state index contributed by atoms with van der Waals surface area (Å²) in [5, 5.41) is 0. The summed E-state index contributed by atoms with van der Waals surface area (Å²) in [7, 11) is 0. The topological polar surface area (TPSA) is 29.3 Å². The fraction of sp³-hybridized carbons (Fsp3) is 0.667. The highest BCUT2D eigenvalue weighted by molar-refractivity contribution is 5.32. The van der Waals surface area contributed by atoms with Crippen molar-refractivity contribution in [1.29, 1.82) is 0 Å². The number of aryl methyl sites for hydroxylation is 2. The van der Waals surface area contributed by atoms with Crippen molar-refractivity contribution in [3.8, 4) is 0 Å². The van der Waals surface area contributed by atoms with Crippen molar-refractivity contribution in [2.45, 2.75) is 58.0 Å². The number of hydrogen-bond acceptors (Lipinski definition) is 2. The molecule has 2 nitrogen and oxygen atoms in total. The Hall–Kier alpha value is -0.860. The molecule has 0 spiro atoms. The van der Waals surface area contributed by atoms with Gasteiger partial charge >= 0.3 is 0 Å². The lowest BCUT2D eigenvalue weighted by Gasteiger charge is -2.35. The second kappa shape index (κ2) is 5.87. The van der Waals surface area contributed by atoms with E-state index in [1.54, 1.807) is 0 Å². The van der Waals surface area contributed by atoms with Crippen molar-refractivity contribution in [2.75, 3.05) is 13.1 Å². The van der Waals surface area contributed by atoms with Crippen LogP contribution in [0.5, 0.6) is 0 Å². The van der Waals surface area contributed by atoms with Gasteiger partial charge in [-0.05, 0) is 75.2 Å². The predicted octanol–water partition coefficient (Wildman–Crippen LogP) is 3.57. The van der Waals surface area contributed by atoms with Crippen LogP contribution in [0.4, 0.5) is 0 Å². The summed E-state index contributed by atoms with van der Waals surface area (Å²) < 4.78 is 0. The summed E-state index contributed by atoms with van der Waals surface area (Å²) in [6.45, 7) is 6.51. The Labute approximate surface area is 123 Å². The first-order chi connectivity index (χ1) is 9.70. The molecule has 0 aromatic heterocycles. The Bertz CT molecular complexity index is 464. The van der Waals surface area contributed by atoms with Gasteiger partial charge in [-0.25, -0.2) is 0 Å². The Morgan fingerprint density at radius 1 is 1.10 bits per heavy atom. The quantitative estimate of drug-likeness (QED) is 0.911. The van der Waals surface area contributed by atoms with Crippen molar-refractivity contribution >= 4 is 0 Å². The molecular weight excluding hydrogens is 244 g/mol. The summed E-state index contributed by atoms with van der Waals surface area (Å²) in [4.78, 5) is 2.77. The Morgan fingerprint density at radius 2 is 1.90 bits per heavy atom. The van der Waals surface area contributed by atoms with E-state index in [9.17, 15) is 0 Å². The smallest absolute Gasteiger partial charge is 0.0391 e. The molecule has 20 heavy (non-hydrogen) atoms. The van der Waals surface area contributed by atoms with Crippen molar-refractivity contribution in [2.24, 2.45) is 11.7 Å². The average molecular weight is 272 g/mol. The van der Waals surface area contributed by atoms with Gasteiger partial charge in [-0.1, -0.05) is 24.6 Å². The monoisotopic (exact) mass is 272 g/mol. The first kappa shape index (κ1) is 14.1. The number of likely N-dealkylation sites (tertiary alicyclic amines) is 1. The van der Waals surface area contributed by atoms with Crippen molar-refractivity contribution in [1.82, 2.24) is 4.90 Å². The van der Waals surface area contributed by atoms with Crippen LogP contribution in [-0.4, -0.2) is 24.0 Å². The van der Waals surface area contributed by atoms with E-state index in [1.807, 2.05) is 0 Å². The van der Waals surface area contributed by atoms with Crippen molar-refractivity contribution in [3.05, 3.63) is 34.9 Å². The maximum atomic E-state index is 6.12. The summed E-state index contributed by atoms with van der Waals surface area (Å²) >= 11 is 0. The maximum Gasteiger partial charge on any atom is 0.0391 e. The molecule has 110 valence electrons. The third kappa shape index (κ3) is 2.77. The van der Waals surface area contributed by atoms with Crippen LogP contribution in [0.25, 0.3) is 0 Å². The zero-order valence-corrected chi connectivity index (χ0v) is 12.9. The zero-order valence-electron chi connectivity index (χ0n) is 12.9. The van der Waals surface area contributed by atoms with Crippen LogP contribution in [0.1, 0.15) is 54.8 Å². The number of nitrogens with two attached hydrogens (primary N) is 1. The fourth-order valence-corrected chi connectivity index (χ4v) is 3.74. The molecule has 2 N–H and O–H groups in total. The molecule has 0 bridgehead atoms. The molecule has 2 atom stereocenters. The SMILES string of the molecule is Cc1ccc(C2C(CN)CCCCN2C2CC2)cc1C. The van der Waals surface area contributed by atoms with E-state index in [4.69, 9.17) is 5.73 Å². The first-order valence-electron chi connectivity index (χ1n) is 8.23. The van der Waals surface area contributed by atoms with Gasteiger partial charge in [0.05, 0.1) is 0 Å². The number of benzene rings is 1. The minimum atomic E-state index is 0.550. The van der Waals surface area contributed by atoms with Gasteiger partial charge in [0.1, 0.15) is 0 Å². The van der Waals surface area contributed by atoms with Gasteiger partial charge in [0.25, 0.3) is 0 Å². The minimum absolute atomic E-state index is 0.550. The molecule has 2 fully saturated rings. The van der Waals surface area contributed by atoms with Crippen LogP contribution < -0.4 is 5.73 Å². The standard InChI is InChI=1S/C18H28N2/c1-13-6-7-15(11-14(13)2)18-16(12-19)5-3-4-10-20(18)17-8-9-17/h6-7,11,16-18H,3-5,8-10,12,19H2,1-2H3. The van der Waals surface area contributed by atoms with E-state index in [0.717, 1.165) is 12.6 Å². The van der Waals surface area contributed by atoms with Gasteiger partial charge < -0.3 is 5.73 Å². The number of nitrogens with zero attached hydrogens (tertiary/aromatic N) is 1. The molecule has 0 amide bonds. The molecule has 1 aliphatic heterocycles. The lowest BCUT2D eigenvalue weighted by Crippen LogP contribution is -2.37. The van der Waals surface area contributed by atoms with E-state index in [-0.39, 0.29) is 0 Å². The summed E-state index contributed by atoms with van der Waals surface area (Å²) in [5.74, 6) is 0.625. The largest absolute Gasteiger partial charge is 0.330 e. The predicted molar refractivity (Wildman–Crippen MR) is 84.8 cm³/mol. The molecule has 1 saturated heterocycles. The second-order valence-electron chi connectivity index (χ2n) is 6.75. The third-order valence-electron chi connectivity index (χ3n) is 5.24. The highest BCUT2D eigenvalue weighted by Gasteiger charge is 2.38. The lowest BCUT2D eigenvalue weighted by molar-refractivity contribution is 0.149. The fourth-order valence-electron chi connectivity index (χ4n) is 3.74. The van der Waals surface area contributed by atoms with Gasteiger partial charge in [-0.2, -0.15) is 0 Å². The van der Waals surface area contributed by atoms with Crippen LogP contribution in [0.15, 0.2) is 18.2 Å². The van der Waals surface area contributed by atoms with E-state index >= 15 is 0 Å². The highest BCUT2D eigenvalue weighted by atomic mass is 15.2. The molecule has 0 radical (unpaired) electrons. The van der Waals surface area contributed by atoms with E-state index < -0.39 is 0 Å². The Kier molecular flexibility index (Phi) is 4.13. The van der Waals surface area contributed by atoms with Gasteiger partial charge in [0, 0.05) is 12.1 Å². The molecule has 1 aromatic carbocycles. The summed E-state index contributed by atoms with van der Waals surface area (Å²) in [5.41, 5.74) is 10.4. The molecule has 3 rings (SSSR count). The number of hydrogen-bond donors (Lipinski definition) is 1. The van der Waals surface area contributed by atoms with Gasteiger partial charge in [-0.3, -0.25) is 4.90 Å². The highest BCUT2D eigenvalue weighted by Crippen LogP contribution is 2.41. The molecule has 1 aromatic rings. The number of rotatable bonds is 3. The molecule has 2 unspecified atom stereocenters.